The van der Waals surface area contributed by atoms with E-state index in [0.29, 0.717) is 37.2 Å². The minimum Gasteiger partial charge on any atom is -0.483 e. The largest absolute Gasteiger partial charge is 0.483 e. The lowest BCUT2D eigenvalue weighted by atomic mass is 9.97. The fourth-order valence-electron chi connectivity index (χ4n) is 5.11. The van der Waals surface area contributed by atoms with Gasteiger partial charge in [-0.25, -0.2) is 9.40 Å². The van der Waals surface area contributed by atoms with Gasteiger partial charge < -0.3 is 9.64 Å². The highest BCUT2D eigenvalue weighted by atomic mass is 32.1. The molecule has 3 aromatic carbocycles. The molecule has 6 nitrogen and oxygen atoms in total. The second-order valence-electron chi connectivity index (χ2n) is 9.57. The fourth-order valence-corrected chi connectivity index (χ4v) is 5.84. The average molecular weight is 540 g/mol. The highest BCUT2D eigenvalue weighted by Crippen LogP contribution is 2.34. The Kier molecular flexibility index (Phi) is 6.94. The summed E-state index contributed by atoms with van der Waals surface area (Å²) in [6.45, 7) is 0.895. The van der Waals surface area contributed by atoms with Gasteiger partial charge in [-0.1, -0.05) is 54.6 Å². The minimum atomic E-state index is -0.350. The number of amides is 2. The van der Waals surface area contributed by atoms with E-state index < -0.39 is 0 Å². The zero-order chi connectivity index (χ0) is 26.8. The van der Waals surface area contributed by atoms with Gasteiger partial charge in [-0.3, -0.25) is 9.59 Å². The van der Waals surface area contributed by atoms with Gasteiger partial charge in [0, 0.05) is 30.6 Å². The first-order valence-corrected chi connectivity index (χ1v) is 13.7. The molecule has 0 N–H and O–H groups in total. The molecule has 2 aliphatic rings. The molecule has 2 aliphatic heterocycles. The standard InChI is InChI=1S/C31H26FN3O3S/c32-23-13-11-22(12-14-23)27-18-26(29-10-5-17-39-29)33-35(27)30(36)20-38-28-9-4-8-25-24(28)15-16-34(31(25)37)19-21-6-2-1-3-7-21/h1-14,17,27H,15-16,18-20H2/t27-/m1/s1. The van der Waals surface area contributed by atoms with Crippen LogP contribution >= 0.6 is 11.3 Å². The number of nitrogens with zero attached hydrogens (tertiary/aromatic N) is 3. The van der Waals surface area contributed by atoms with Crippen molar-refractivity contribution < 1.29 is 18.7 Å². The molecule has 0 bridgehead atoms. The number of hydrogen-bond donors (Lipinski definition) is 0. The van der Waals surface area contributed by atoms with Gasteiger partial charge in [-0.15, -0.1) is 11.3 Å². The van der Waals surface area contributed by atoms with Gasteiger partial charge in [0.15, 0.2) is 6.61 Å². The summed E-state index contributed by atoms with van der Waals surface area (Å²) < 4.78 is 19.6. The summed E-state index contributed by atoms with van der Waals surface area (Å²) in [7, 11) is 0. The van der Waals surface area contributed by atoms with Crippen LogP contribution in [0.4, 0.5) is 4.39 Å². The third kappa shape index (κ3) is 5.20. The number of carbonyl (C=O) groups excluding carboxylic acids is 2. The minimum absolute atomic E-state index is 0.0435. The van der Waals surface area contributed by atoms with Crippen LogP contribution in [0.3, 0.4) is 0 Å². The van der Waals surface area contributed by atoms with Crippen LogP contribution in [-0.4, -0.2) is 40.6 Å². The summed E-state index contributed by atoms with van der Waals surface area (Å²) in [6.07, 6.45) is 1.17. The predicted octanol–water partition coefficient (Wildman–Crippen LogP) is 5.84. The van der Waals surface area contributed by atoms with E-state index in [1.165, 1.54) is 17.1 Å². The number of rotatable bonds is 7. The molecule has 196 valence electrons. The monoisotopic (exact) mass is 539 g/mol. The van der Waals surface area contributed by atoms with Crippen LogP contribution in [0, 0.1) is 5.82 Å². The Hall–Kier alpha value is -4.30. The summed E-state index contributed by atoms with van der Waals surface area (Å²) in [6, 6.07) is 25.1. The molecule has 1 aromatic heterocycles. The lowest BCUT2D eigenvalue weighted by Gasteiger charge is -2.30. The number of hydrazone groups is 1. The smallest absolute Gasteiger partial charge is 0.281 e. The summed E-state index contributed by atoms with van der Waals surface area (Å²) >= 11 is 1.56. The lowest BCUT2D eigenvalue weighted by Crippen LogP contribution is -2.37. The van der Waals surface area contributed by atoms with E-state index in [1.54, 1.807) is 35.6 Å². The molecule has 1 atom stereocenters. The zero-order valence-electron chi connectivity index (χ0n) is 21.1. The Morgan fingerprint density at radius 2 is 1.82 bits per heavy atom. The molecule has 0 aliphatic carbocycles. The third-order valence-corrected chi connectivity index (χ3v) is 7.99. The van der Waals surface area contributed by atoms with Crippen LogP contribution in [-0.2, 0) is 17.8 Å². The van der Waals surface area contributed by atoms with E-state index in [4.69, 9.17) is 4.74 Å². The predicted molar refractivity (Wildman–Crippen MR) is 148 cm³/mol. The molecule has 39 heavy (non-hydrogen) atoms. The van der Waals surface area contributed by atoms with Crippen LogP contribution in [0.25, 0.3) is 0 Å². The second kappa shape index (κ2) is 10.8. The molecule has 0 radical (unpaired) electrons. The highest BCUT2D eigenvalue weighted by Gasteiger charge is 2.34. The van der Waals surface area contributed by atoms with Crippen molar-refractivity contribution in [3.63, 3.8) is 0 Å². The van der Waals surface area contributed by atoms with Gasteiger partial charge in [0.25, 0.3) is 11.8 Å². The molecule has 0 unspecified atom stereocenters. The summed E-state index contributed by atoms with van der Waals surface area (Å²) in [5, 5.41) is 8.07. The SMILES string of the molecule is O=C1c2cccc(OCC(=O)N3N=C(c4cccs4)C[C@@H]3c3ccc(F)cc3)c2CCN1Cc1ccccc1. The van der Waals surface area contributed by atoms with E-state index in [0.717, 1.165) is 27.3 Å². The van der Waals surface area contributed by atoms with Gasteiger partial charge in [0.2, 0.25) is 0 Å². The number of fused-ring (bicyclic) bond motifs is 1. The van der Waals surface area contributed by atoms with Crippen LogP contribution in [0.2, 0.25) is 0 Å². The van der Waals surface area contributed by atoms with E-state index >= 15 is 0 Å². The van der Waals surface area contributed by atoms with Gasteiger partial charge >= 0.3 is 0 Å². The second-order valence-corrected chi connectivity index (χ2v) is 10.5. The number of thiophene rings is 1. The van der Waals surface area contributed by atoms with Crippen molar-refractivity contribution in [2.24, 2.45) is 5.10 Å². The molecule has 4 aromatic rings. The zero-order valence-corrected chi connectivity index (χ0v) is 21.9. The Labute approximate surface area is 230 Å². The van der Waals surface area contributed by atoms with Crippen LogP contribution in [0.1, 0.15) is 44.4 Å². The summed E-state index contributed by atoms with van der Waals surface area (Å²) in [4.78, 5) is 29.5. The number of carbonyl (C=O) groups is 2. The highest BCUT2D eigenvalue weighted by molar-refractivity contribution is 7.12. The molecule has 0 saturated carbocycles. The van der Waals surface area contributed by atoms with Gasteiger partial charge in [0.05, 0.1) is 16.6 Å². The summed E-state index contributed by atoms with van der Waals surface area (Å²) in [5.41, 5.74) is 4.12. The van der Waals surface area contributed by atoms with Crippen molar-refractivity contribution in [2.45, 2.75) is 25.4 Å². The van der Waals surface area contributed by atoms with Crippen molar-refractivity contribution in [3.05, 3.63) is 123 Å². The Morgan fingerprint density at radius 1 is 1.00 bits per heavy atom. The van der Waals surface area contributed by atoms with Crippen molar-refractivity contribution >= 4 is 28.9 Å². The maximum absolute atomic E-state index is 13.6. The van der Waals surface area contributed by atoms with Gasteiger partial charge in [-0.05, 0) is 53.3 Å². The first kappa shape index (κ1) is 25.0. The van der Waals surface area contributed by atoms with Gasteiger partial charge in [0.1, 0.15) is 11.6 Å². The molecule has 8 heteroatoms. The number of ether oxygens (including phenoxy) is 1. The normalized spacial score (nSPS) is 16.7. The van der Waals surface area contributed by atoms with E-state index in [2.05, 4.69) is 5.10 Å². The number of benzene rings is 3. The summed E-state index contributed by atoms with van der Waals surface area (Å²) in [5.74, 6) is -0.143. The Morgan fingerprint density at radius 3 is 2.59 bits per heavy atom. The van der Waals surface area contributed by atoms with Gasteiger partial charge in [-0.2, -0.15) is 5.10 Å². The maximum atomic E-state index is 13.6. The van der Waals surface area contributed by atoms with E-state index in [-0.39, 0.29) is 30.3 Å². The molecule has 2 amide bonds. The Bertz CT molecular complexity index is 1520. The first-order chi connectivity index (χ1) is 19.1. The van der Waals surface area contributed by atoms with Crippen molar-refractivity contribution in [1.82, 2.24) is 9.91 Å². The molecular formula is C31H26FN3O3S. The van der Waals surface area contributed by atoms with Crippen molar-refractivity contribution in [1.29, 1.82) is 0 Å². The topological polar surface area (TPSA) is 62.2 Å². The van der Waals surface area contributed by atoms with Crippen molar-refractivity contribution in [3.8, 4) is 5.75 Å². The molecular weight excluding hydrogens is 513 g/mol. The van der Waals surface area contributed by atoms with Crippen LogP contribution < -0.4 is 4.74 Å². The maximum Gasteiger partial charge on any atom is 0.281 e. The average Bonchev–Trinajstić information content (AvgIpc) is 3.65. The van der Waals surface area contributed by atoms with Crippen LogP contribution in [0.15, 0.2) is 95.4 Å². The molecule has 3 heterocycles. The third-order valence-electron chi connectivity index (χ3n) is 7.08. The number of hydrogen-bond acceptors (Lipinski definition) is 5. The molecule has 0 fully saturated rings. The quantitative estimate of drug-likeness (QED) is 0.296. The lowest BCUT2D eigenvalue weighted by molar-refractivity contribution is -0.135. The van der Waals surface area contributed by atoms with Crippen molar-refractivity contribution in [2.75, 3.05) is 13.2 Å². The number of halogens is 1. The van der Waals surface area contributed by atoms with E-state index in [9.17, 15) is 14.0 Å². The fraction of sp³-hybridized carbons (Fsp3) is 0.194. The molecule has 0 saturated heterocycles. The van der Waals surface area contributed by atoms with Crippen LogP contribution in [0.5, 0.6) is 5.75 Å². The van der Waals surface area contributed by atoms with E-state index in [1.807, 2.05) is 58.8 Å². The molecule has 6 rings (SSSR count). The first-order valence-electron chi connectivity index (χ1n) is 12.8. The molecule has 0 spiro atoms. The Balaban J connectivity index is 1.19.